The van der Waals surface area contributed by atoms with Gasteiger partial charge in [-0.3, -0.25) is 0 Å². The Bertz CT molecular complexity index is 481. The van der Waals surface area contributed by atoms with Crippen LogP contribution in [-0.2, 0) is 9.47 Å². The lowest BCUT2D eigenvalue weighted by atomic mass is 9.96. The highest BCUT2D eigenvalue weighted by Crippen LogP contribution is 2.25. The smallest absolute Gasteiger partial charge is 0.160 e. The number of hydrogen-bond acceptors (Lipinski definition) is 6. The molecular weight excluding hydrogens is 310 g/mol. The number of aliphatic hydroxyl groups is 1. The van der Waals surface area contributed by atoms with Crippen LogP contribution in [0.4, 0.5) is 0 Å². The van der Waals surface area contributed by atoms with E-state index in [1.54, 1.807) is 7.11 Å². The van der Waals surface area contributed by atoms with Crippen molar-refractivity contribution in [2.24, 2.45) is 5.92 Å². The van der Waals surface area contributed by atoms with E-state index in [1.165, 1.54) is 0 Å². The van der Waals surface area contributed by atoms with Crippen molar-refractivity contribution >= 4 is 0 Å². The van der Waals surface area contributed by atoms with Crippen LogP contribution >= 0.6 is 0 Å². The third-order valence-corrected chi connectivity index (χ3v) is 4.64. The summed E-state index contributed by atoms with van der Waals surface area (Å²) in [6, 6.07) is 7.39. The van der Waals surface area contributed by atoms with Gasteiger partial charge in [-0.15, -0.1) is 0 Å². The van der Waals surface area contributed by atoms with Gasteiger partial charge in [0.1, 0.15) is 24.2 Å². The second-order valence-electron chi connectivity index (χ2n) is 6.39. The lowest BCUT2D eigenvalue weighted by Crippen LogP contribution is -2.42. The molecule has 2 fully saturated rings. The van der Waals surface area contributed by atoms with Crippen LogP contribution in [0.1, 0.15) is 12.8 Å². The van der Waals surface area contributed by atoms with E-state index in [0.29, 0.717) is 32.3 Å². The first-order valence-corrected chi connectivity index (χ1v) is 8.65. The SMILES string of the molecule is COc1ccc(OCC(O)CN2CCC(C3OCCO3)CC2)cc1. The van der Waals surface area contributed by atoms with Crippen molar-refractivity contribution in [2.45, 2.75) is 25.2 Å². The summed E-state index contributed by atoms with van der Waals surface area (Å²) in [5.41, 5.74) is 0. The molecule has 1 unspecified atom stereocenters. The molecule has 134 valence electrons. The maximum Gasteiger partial charge on any atom is 0.160 e. The first-order chi connectivity index (χ1) is 11.7. The molecule has 0 aromatic heterocycles. The van der Waals surface area contributed by atoms with Crippen LogP contribution in [0.15, 0.2) is 24.3 Å². The zero-order valence-electron chi connectivity index (χ0n) is 14.2. The minimum absolute atomic E-state index is 0.0181. The molecule has 6 nitrogen and oxygen atoms in total. The Hall–Kier alpha value is -1.34. The van der Waals surface area contributed by atoms with Crippen molar-refractivity contribution in [1.82, 2.24) is 4.90 Å². The molecule has 0 bridgehead atoms. The molecule has 1 N–H and O–H groups in total. The van der Waals surface area contributed by atoms with Crippen molar-refractivity contribution < 1.29 is 24.1 Å². The fourth-order valence-corrected chi connectivity index (χ4v) is 3.27. The van der Waals surface area contributed by atoms with Crippen LogP contribution < -0.4 is 9.47 Å². The van der Waals surface area contributed by atoms with Crippen molar-refractivity contribution in [1.29, 1.82) is 0 Å². The molecule has 0 radical (unpaired) electrons. The largest absolute Gasteiger partial charge is 0.497 e. The maximum absolute atomic E-state index is 10.2. The zero-order valence-corrected chi connectivity index (χ0v) is 14.2. The highest BCUT2D eigenvalue weighted by molar-refractivity contribution is 5.31. The molecule has 1 atom stereocenters. The molecule has 0 spiro atoms. The number of hydrogen-bond donors (Lipinski definition) is 1. The van der Waals surface area contributed by atoms with Gasteiger partial charge >= 0.3 is 0 Å². The summed E-state index contributed by atoms with van der Waals surface area (Å²) >= 11 is 0. The molecule has 24 heavy (non-hydrogen) atoms. The van der Waals surface area contributed by atoms with Gasteiger partial charge in [0.25, 0.3) is 0 Å². The monoisotopic (exact) mass is 337 g/mol. The van der Waals surface area contributed by atoms with E-state index in [4.69, 9.17) is 18.9 Å². The van der Waals surface area contributed by atoms with E-state index in [2.05, 4.69) is 4.90 Å². The second-order valence-corrected chi connectivity index (χ2v) is 6.39. The predicted molar refractivity (Wildman–Crippen MR) is 89.4 cm³/mol. The minimum atomic E-state index is -0.498. The lowest BCUT2D eigenvalue weighted by molar-refractivity contribution is -0.0989. The Labute approximate surface area is 143 Å². The van der Waals surface area contributed by atoms with Gasteiger partial charge in [0.2, 0.25) is 0 Å². The van der Waals surface area contributed by atoms with Gasteiger partial charge in [0.15, 0.2) is 6.29 Å². The quantitative estimate of drug-likeness (QED) is 0.814. The second kappa shape index (κ2) is 8.67. The van der Waals surface area contributed by atoms with Gasteiger partial charge in [-0.2, -0.15) is 0 Å². The zero-order chi connectivity index (χ0) is 16.8. The number of benzene rings is 1. The van der Waals surface area contributed by atoms with Gasteiger partial charge in [-0.05, 0) is 50.2 Å². The number of aliphatic hydroxyl groups excluding tert-OH is 1. The Balaban J connectivity index is 1.35. The highest BCUT2D eigenvalue weighted by atomic mass is 16.7. The molecule has 2 aliphatic rings. The number of likely N-dealkylation sites (tertiary alicyclic amines) is 1. The molecule has 1 aromatic rings. The third-order valence-electron chi connectivity index (χ3n) is 4.64. The molecule has 0 saturated carbocycles. The van der Waals surface area contributed by atoms with E-state index in [-0.39, 0.29) is 6.29 Å². The van der Waals surface area contributed by atoms with E-state index >= 15 is 0 Å². The number of nitrogens with zero attached hydrogens (tertiary/aromatic N) is 1. The van der Waals surface area contributed by atoms with E-state index in [1.807, 2.05) is 24.3 Å². The summed E-state index contributed by atoms with van der Waals surface area (Å²) in [5.74, 6) is 2.02. The van der Waals surface area contributed by atoms with Gasteiger partial charge in [-0.25, -0.2) is 0 Å². The molecule has 0 amide bonds. The van der Waals surface area contributed by atoms with Crippen LogP contribution in [0.2, 0.25) is 0 Å². The van der Waals surface area contributed by atoms with E-state index in [9.17, 15) is 5.11 Å². The molecule has 2 heterocycles. The average molecular weight is 337 g/mol. The summed E-state index contributed by atoms with van der Waals surface area (Å²) in [4.78, 5) is 2.29. The Kier molecular flexibility index (Phi) is 6.31. The molecule has 1 aromatic carbocycles. The molecule has 6 heteroatoms. The Morgan fingerprint density at radius 1 is 1.12 bits per heavy atom. The fraction of sp³-hybridized carbons (Fsp3) is 0.667. The van der Waals surface area contributed by atoms with Crippen LogP contribution in [0, 0.1) is 5.92 Å². The Morgan fingerprint density at radius 2 is 1.75 bits per heavy atom. The first-order valence-electron chi connectivity index (χ1n) is 8.65. The first kappa shape index (κ1) is 17.5. The number of rotatable bonds is 7. The van der Waals surface area contributed by atoms with Crippen molar-refractivity contribution in [2.75, 3.05) is 46.6 Å². The van der Waals surface area contributed by atoms with Crippen LogP contribution in [0.25, 0.3) is 0 Å². The van der Waals surface area contributed by atoms with Crippen LogP contribution in [0.5, 0.6) is 11.5 Å². The summed E-state index contributed by atoms with van der Waals surface area (Å²) < 4.78 is 21.9. The van der Waals surface area contributed by atoms with Crippen LogP contribution in [-0.4, -0.2) is 69.0 Å². The summed E-state index contributed by atoms with van der Waals surface area (Å²) in [6.07, 6.45) is 1.59. The fourth-order valence-electron chi connectivity index (χ4n) is 3.27. The van der Waals surface area contributed by atoms with Gasteiger partial charge in [-0.1, -0.05) is 0 Å². The van der Waals surface area contributed by atoms with Crippen molar-refractivity contribution in [3.8, 4) is 11.5 Å². The highest BCUT2D eigenvalue weighted by Gasteiger charge is 2.30. The summed E-state index contributed by atoms with van der Waals surface area (Å²) in [7, 11) is 1.63. The van der Waals surface area contributed by atoms with Gasteiger partial charge in [0.05, 0.1) is 20.3 Å². The predicted octanol–water partition coefficient (Wildman–Crippen LogP) is 1.52. The summed E-state index contributed by atoms with van der Waals surface area (Å²) in [6.45, 7) is 4.29. The molecular formula is C18H27NO5. The number of methoxy groups -OCH3 is 1. The normalized spacial score (nSPS) is 21.8. The maximum atomic E-state index is 10.2. The van der Waals surface area contributed by atoms with E-state index in [0.717, 1.165) is 37.4 Å². The minimum Gasteiger partial charge on any atom is -0.497 e. The average Bonchev–Trinajstić information content (AvgIpc) is 3.16. The van der Waals surface area contributed by atoms with Gasteiger partial charge < -0.3 is 29.0 Å². The topological polar surface area (TPSA) is 60.4 Å². The number of ether oxygens (including phenoxy) is 4. The molecule has 3 rings (SSSR count). The molecule has 2 saturated heterocycles. The van der Waals surface area contributed by atoms with Crippen molar-refractivity contribution in [3.63, 3.8) is 0 Å². The Morgan fingerprint density at radius 3 is 2.38 bits per heavy atom. The summed E-state index contributed by atoms with van der Waals surface area (Å²) in [5, 5.41) is 10.2. The lowest BCUT2D eigenvalue weighted by Gasteiger charge is -2.34. The molecule has 0 aliphatic carbocycles. The number of β-amino-alcohol motifs (C(OH)–C–C–N with tert-alkyl or cyclic N) is 1. The number of piperidine rings is 1. The van der Waals surface area contributed by atoms with Crippen LogP contribution in [0.3, 0.4) is 0 Å². The van der Waals surface area contributed by atoms with Gasteiger partial charge in [0, 0.05) is 12.5 Å². The van der Waals surface area contributed by atoms with E-state index < -0.39 is 6.10 Å². The molecule has 2 aliphatic heterocycles. The standard InChI is InChI=1S/C18H27NO5/c1-21-16-2-4-17(5-3-16)24-13-15(20)12-19-8-6-14(7-9-19)18-22-10-11-23-18/h2-5,14-15,18,20H,6-13H2,1H3. The van der Waals surface area contributed by atoms with Crippen molar-refractivity contribution in [3.05, 3.63) is 24.3 Å². The third kappa shape index (κ3) is 4.83.